The maximum absolute atomic E-state index is 10.6. The van der Waals surface area contributed by atoms with Gasteiger partial charge >= 0.3 is 0 Å². The van der Waals surface area contributed by atoms with E-state index in [1.165, 1.54) is 0 Å². The zero-order valence-electron chi connectivity index (χ0n) is 7.03. The molecule has 0 aromatic heterocycles. The van der Waals surface area contributed by atoms with Crippen LogP contribution in [0.3, 0.4) is 0 Å². The predicted molar refractivity (Wildman–Crippen MR) is 36.8 cm³/mol. The van der Waals surface area contributed by atoms with Crippen molar-refractivity contribution in [2.45, 2.75) is 13.8 Å². The third-order valence-electron chi connectivity index (χ3n) is 0.772. The van der Waals surface area contributed by atoms with Crippen LogP contribution >= 0.6 is 0 Å². The first-order chi connectivity index (χ1) is 5.43. The van der Waals surface area contributed by atoms with Crippen molar-refractivity contribution in [3.63, 3.8) is 0 Å². The molecule has 0 radical (unpaired) electrons. The molecule has 0 amide bonds. The van der Waals surface area contributed by atoms with Gasteiger partial charge in [0.15, 0.2) is 0 Å². The average Bonchev–Trinajstić information content (AvgIpc) is 1.84. The number of Topliss-reactive ketones (excluding diaryl/α,β-unsaturated/α-hetero) is 2. The SMILES string of the molecule is CC(=O)[CH-]C(=O)C(=O)OC(C)=O.[Mo]. The molecule has 0 spiro atoms. The van der Waals surface area contributed by atoms with Crippen molar-refractivity contribution >= 4 is 23.5 Å². The average molecular weight is 267 g/mol. The van der Waals surface area contributed by atoms with Crippen LogP contribution in [0.5, 0.6) is 0 Å². The summed E-state index contributed by atoms with van der Waals surface area (Å²) >= 11 is 0. The minimum Gasteiger partial charge on any atom is -0.481 e. The van der Waals surface area contributed by atoms with Gasteiger partial charge in [0.05, 0.1) is 5.78 Å². The van der Waals surface area contributed by atoms with Crippen LogP contribution in [-0.2, 0) is 45.0 Å². The second-order valence-electron chi connectivity index (χ2n) is 2.00. The van der Waals surface area contributed by atoms with E-state index in [0.717, 1.165) is 13.8 Å². The number of esters is 2. The van der Waals surface area contributed by atoms with E-state index in [1.54, 1.807) is 0 Å². The standard InChI is InChI=1S/C7H7O5.Mo/c1-4(8)3-6(10)7(11)12-5(2)9;/h3H,1-2H3;/q-1;. The van der Waals surface area contributed by atoms with Crippen molar-refractivity contribution in [3.05, 3.63) is 6.42 Å². The topological polar surface area (TPSA) is 77.5 Å². The maximum Gasteiger partial charge on any atom is 0.293 e. The van der Waals surface area contributed by atoms with E-state index in [9.17, 15) is 19.2 Å². The summed E-state index contributed by atoms with van der Waals surface area (Å²) in [6.07, 6.45) is 0.561. The number of ketones is 2. The molecule has 0 saturated heterocycles. The Kier molecular flexibility index (Phi) is 7.33. The summed E-state index contributed by atoms with van der Waals surface area (Å²) in [7, 11) is 0. The van der Waals surface area contributed by atoms with Gasteiger partial charge in [0.2, 0.25) is 5.97 Å². The molecule has 13 heavy (non-hydrogen) atoms. The van der Waals surface area contributed by atoms with Gasteiger partial charge in [-0.1, -0.05) is 0 Å². The Hall–Kier alpha value is -0.962. The summed E-state index contributed by atoms with van der Waals surface area (Å²) in [6.45, 7) is 2.10. The first-order valence-electron chi connectivity index (χ1n) is 3.05. The minimum atomic E-state index is -1.34. The zero-order valence-corrected chi connectivity index (χ0v) is 9.03. The van der Waals surface area contributed by atoms with Gasteiger partial charge in [0, 0.05) is 28.0 Å². The van der Waals surface area contributed by atoms with Crippen LogP contribution in [0.1, 0.15) is 13.8 Å². The van der Waals surface area contributed by atoms with Gasteiger partial charge in [-0.3, -0.25) is 4.79 Å². The largest absolute Gasteiger partial charge is 0.481 e. The van der Waals surface area contributed by atoms with Gasteiger partial charge in [-0.2, -0.15) is 0 Å². The molecule has 0 unspecified atom stereocenters. The van der Waals surface area contributed by atoms with Crippen molar-refractivity contribution in [1.82, 2.24) is 0 Å². The van der Waals surface area contributed by atoms with Crippen LogP contribution in [0.25, 0.3) is 0 Å². The Morgan fingerprint density at radius 3 is 1.85 bits per heavy atom. The predicted octanol–water partition coefficient (Wildman–Crippen LogP) is -0.564. The molecule has 5 nitrogen and oxygen atoms in total. The van der Waals surface area contributed by atoms with Crippen LogP contribution in [0.2, 0.25) is 0 Å². The fourth-order valence-corrected chi connectivity index (χ4v) is 0.424. The molecule has 0 heterocycles. The molecule has 0 N–H and O–H groups in total. The summed E-state index contributed by atoms with van der Waals surface area (Å²) in [5, 5.41) is 0. The Morgan fingerprint density at radius 1 is 1.08 bits per heavy atom. The van der Waals surface area contributed by atoms with Crippen molar-refractivity contribution in [2.75, 3.05) is 0 Å². The molecular weight excluding hydrogens is 260 g/mol. The van der Waals surface area contributed by atoms with Gasteiger partial charge < -0.3 is 19.1 Å². The normalized spacial score (nSPS) is 7.85. The molecule has 0 aromatic rings. The fourth-order valence-electron chi connectivity index (χ4n) is 0.424. The monoisotopic (exact) mass is 269 g/mol. The Morgan fingerprint density at radius 2 is 1.54 bits per heavy atom. The molecule has 0 aliphatic heterocycles. The molecular formula is C7H7MoO5-. The van der Waals surface area contributed by atoms with Gasteiger partial charge in [0.25, 0.3) is 5.97 Å². The Balaban J connectivity index is 0. The van der Waals surface area contributed by atoms with Crippen LogP contribution in [0.15, 0.2) is 0 Å². The second kappa shape index (κ2) is 6.54. The Labute approximate surface area is 89.1 Å². The summed E-state index contributed by atoms with van der Waals surface area (Å²) in [5.41, 5.74) is 0. The number of rotatable bonds is 3. The molecule has 0 fully saturated rings. The summed E-state index contributed by atoms with van der Waals surface area (Å²) < 4.78 is 3.90. The van der Waals surface area contributed by atoms with Crippen LogP contribution < -0.4 is 0 Å². The summed E-state index contributed by atoms with van der Waals surface area (Å²) in [4.78, 5) is 41.5. The van der Waals surface area contributed by atoms with E-state index in [-0.39, 0.29) is 21.1 Å². The molecule has 0 atom stereocenters. The summed E-state index contributed by atoms with van der Waals surface area (Å²) in [5.74, 6) is -3.92. The van der Waals surface area contributed by atoms with E-state index >= 15 is 0 Å². The van der Waals surface area contributed by atoms with Gasteiger partial charge in [0.1, 0.15) is 5.78 Å². The smallest absolute Gasteiger partial charge is 0.293 e. The third kappa shape index (κ3) is 7.40. The van der Waals surface area contributed by atoms with E-state index < -0.39 is 23.5 Å². The Bertz CT molecular complexity index is 219. The van der Waals surface area contributed by atoms with Crippen LogP contribution in [-0.4, -0.2) is 23.5 Å². The maximum atomic E-state index is 10.6. The number of hydrogen-bond donors (Lipinski definition) is 0. The molecule has 0 saturated carbocycles. The van der Waals surface area contributed by atoms with Gasteiger partial charge in [-0.05, 0) is 6.92 Å². The van der Waals surface area contributed by atoms with Crippen LogP contribution in [0.4, 0.5) is 0 Å². The number of carbonyl (C=O) groups is 4. The summed E-state index contributed by atoms with van der Waals surface area (Å²) in [6, 6.07) is 0. The first kappa shape index (κ1) is 14.6. The van der Waals surface area contributed by atoms with E-state index in [2.05, 4.69) is 4.74 Å². The van der Waals surface area contributed by atoms with Crippen molar-refractivity contribution in [1.29, 1.82) is 0 Å². The molecule has 0 rings (SSSR count). The second-order valence-corrected chi connectivity index (χ2v) is 2.00. The minimum absolute atomic E-state index is 0. The van der Waals surface area contributed by atoms with Gasteiger partial charge in [-0.15, -0.1) is 6.42 Å². The fraction of sp³-hybridized carbons (Fsp3) is 0.286. The number of ether oxygens (including phenoxy) is 1. The quantitative estimate of drug-likeness (QED) is 0.225. The number of carbonyl (C=O) groups excluding carboxylic acids is 4. The molecule has 0 aliphatic carbocycles. The first-order valence-corrected chi connectivity index (χ1v) is 3.05. The van der Waals surface area contributed by atoms with Gasteiger partial charge in [-0.25, -0.2) is 0 Å². The third-order valence-corrected chi connectivity index (χ3v) is 0.772. The van der Waals surface area contributed by atoms with Crippen LogP contribution in [0, 0.1) is 6.42 Å². The zero-order chi connectivity index (χ0) is 9.72. The van der Waals surface area contributed by atoms with E-state index in [1.807, 2.05) is 0 Å². The molecule has 6 heteroatoms. The molecule has 0 aromatic carbocycles. The number of hydrogen-bond acceptors (Lipinski definition) is 5. The van der Waals surface area contributed by atoms with E-state index in [4.69, 9.17) is 0 Å². The molecule has 72 valence electrons. The van der Waals surface area contributed by atoms with Crippen molar-refractivity contribution in [2.24, 2.45) is 0 Å². The van der Waals surface area contributed by atoms with E-state index in [0.29, 0.717) is 6.42 Å². The van der Waals surface area contributed by atoms with Crippen molar-refractivity contribution < 1.29 is 45.0 Å². The molecule has 0 aliphatic rings. The van der Waals surface area contributed by atoms with Crippen molar-refractivity contribution in [3.8, 4) is 0 Å². The molecule has 0 bridgehead atoms.